The lowest BCUT2D eigenvalue weighted by Crippen LogP contribution is -2.50. The van der Waals surface area contributed by atoms with Gasteiger partial charge in [0.25, 0.3) is 0 Å². The Labute approximate surface area is 122 Å². The highest BCUT2D eigenvalue weighted by atomic mass is 16.2. The fourth-order valence-corrected chi connectivity index (χ4v) is 2.24. The van der Waals surface area contributed by atoms with Gasteiger partial charge in [-0.25, -0.2) is 0 Å². The molecular weight excluding hydrogens is 252 g/mol. The molecule has 1 amide bonds. The second-order valence-corrected chi connectivity index (χ2v) is 6.57. The van der Waals surface area contributed by atoms with Gasteiger partial charge in [0, 0.05) is 6.04 Å². The maximum atomic E-state index is 12.0. The third kappa shape index (κ3) is 5.10. The molecule has 1 aliphatic carbocycles. The van der Waals surface area contributed by atoms with Crippen LogP contribution in [0.5, 0.6) is 0 Å². The Hall–Kier alpha value is -1.12. The summed E-state index contributed by atoms with van der Waals surface area (Å²) in [4.78, 5) is 14.0. The van der Waals surface area contributed by atoms with E-state index >= 15 is 0 Å². The number of likely N-dealkylation sites (N-methyl/N-ethyl adjacent to an activating group) is 1. The summed E-state index contributed by atoms with van der Waals surface area (Å²) in [7, 11) is 1.91. The molecule has 0 aromatic rings. The van der Waals surface area contributed by atoms with Crippen LogP contribution in [-0.2, 0) is 4.79 Å². The maximum absolute atomic E-state index is 12.0. The van der Waals surface area contributed by atoms with E-state index in [1.165, 1.54) is 0 Å². The molecule has 2 unspecified atom stereocenters. The van der Waals surface area contributed by atoms with Crippen LogP contribution in [0, 0.1) is 23.2 Å². The van der Waals surface area contributed by atoms with Crippen LogP contribution in [0.1, 0.15) is 40.0 Å². The van der Waals surface area contributed by atoms with Crippen molar-refractivity contribution in [3.63, 3.8) is 0 Å². The Morgan fingerprint density at radius 1 is 1.55 bits per heavy atom. The van der Waals surface area contributed by atoms with Crippen LogP contribution in [0.25, 0.3) is 0 Å². The summed E-state index contributed by atoms with van der Waals surface area (Å²) in [5.74, 6) is 0.687. The van der Waals surface area contributed by atoms with E-state index in [-0.39, 0.29) is 11.9 Å². The zero-order chi connectivity index (χ0) is 15.3. The lowest BCUT2D eigenvalue weighted by Gasteiger charge is -2.25. The maximum Gasteiger partial charge on any atom is 0.235 e. The fourth-order valence-electron chi connectivity index (χ4n) is 2.24. The van der Waals surface area contributed by atoms with Gasteiger partial charge in [-0.3, -0.25) is 9.69 Å². The molecule has 1 rings (SSSR count). The minimum absolute atomic E-state index is 0.0819. The molecule has 1 aliphatic rings. The molecular formula is C15H28N4O. The summed E-state index contributed by atoms with van der Waals surface area (Å²) < 4.78 is 0. The van der Waals surface area contributed by atoms with E-state index in [0.29, 0.717) is 18.4 Å². The molecule has 20 heavy (non-hydrogen) atoms. The molecule has 0 aromatic heterocycles. The molecule has 0 radical (unpaired) electrons. The van der Waals surface area contributed by atoms with Crippen LogP contribution in [-0.4, -0.2) is 42.5 Å². The molecule has 0 spiro atoms. The second-order valence-electron chi connectivity index (χ2n) is 6.57. The summed E-state index contributed by atoms with van der Waals surface area (Å²) in [6.07, 6.45) is 2.94. The molecule has 5 heteroatoms. The molecule has 0 aliphatic heterocycles. The fraction of sp³-hybridized carbons (Fsp3) is 0.867. The van der Waals surface area contributed by atoms with Crippen molar-refractivity contribution < 1.29 is 4.79 Å². The SMILES string of the molecule is CC(C)C(N)CCN(C)CC(=O)NC(C)(C#N)C1CC1. The van der Waals surface area contributed by atoms with Crippen molar-refractivity contribution in [2.75, 3.05) is 20.1 Å². The van der Waals surface area contributed by atoms with Gasteiger partial charge in [-0.1, -0.05) is 13.8 Å². The smallest absolute Gasteiger partial charge is 0.235 e. The van der Waals surface area contributed by atoms with Crippen LogP contribution in [0.2, 0.25) is 0 Å². The predicted octanol–water partition coefficient (Wildman–Crippen LogP) is 1.10. The highest BCUT2D eigenvalue weighted by molar-refractivity contribution is 5.79. The van der Waals surface area contributed by atoms with Crippen LogP contribution < -0.4 is 11.1 Å². The normalized spacial score (nSPS) is 19.5. The first-order valence-electron chi connectivity index (χ1n) is 7.45. The van der Waals surface area contributed by atoms with Gasteiger partial charge >= 0.3 is 0 Å². The van der Waals surface area contributed by atoms with Crippen molar-refractivity contribution in [2.45, 2.75) is 51.6 Å². The number of hydrogen-bond donors (Lipinski definition) is 2. The van der Waals surface area contributed by atoms with Crippen molar-refractivity contribution in [2.24, 2.45) is 17.6 Å². The number of nitrogens with one attached hydrogen (secondary N) is 1. The third-order valence-electron chi connectivity index (χ3n) is 4.14. The summed E-state index contributed by atoms with van der Waals surface area (Å²) in [5.41, 5.74) is 5.29. The van der Waals surface area contributed by atoms with Crippen molar-refractivity contribution in [1.29, 1.82) is 5.26 Å². The van der Waals surface area contributed by atoms with Crippen molar-refractivity contribution in [3.05, 3.63) is 0 Å². The molecule has 0 saturated heterocycles. The van der Waals surface area contributed by atoms with Gasteiger partial charge in [0.1, 0.15) is 5.54 Å². The number of nitrogens with zero attached hydrogens (tertiary/aromatic N) is 2. The van der Waals surface area contributed by atoms with Crippen LogP contribution in [0.3, 0.4) is 0 Å². The lowest BCUT2D eigenvalue weighted by atomic mass is 9.98. The summed E-state index contributed by atoms with van der Waals surface area (Å²) >= 11 is 0. The van der Waals surface area contributed by atoms with E-state index < -0.39 is 5.54 Å². The summed E-state index contributed by atoms with van der Waals surface area (Å²) in [6, 6.07) is 2.40. The number of rotatable bonds is 8. The number of carbonyl (C=O) groups excluding carboxylic acids is 1. The zero-order valence-corrected chi connectivity index (χ0v) is 13.1. The molecule has 0 heterocycles. The van der Waals surface area contributed by atoms with E-state index in [9.17, 15) is 10.1 Å². The molecule has 1 saturated carbocycles. The minimum atomic E-state index is -0.702. The topological polar surface area (TPSA) is 82.2 Å². The van der Waals surface area contributed by atoms with Crippen LogP contribution in [0.15, 0.2) is 0 Å². The Morgan fingerprint density at radius 3 is 2.60 bits per heavy atom. The van der Waals surface area contributed by atoms with Gasteiger partial charge in [0.15, 0.2) is 0 Å². The highest BCUT2D eigenvalue weighted by Gasteiger charge is 2.42. The monoisotopic (exact) mass is 280 g/mol. The molecule has 1 fully saturated rings. The average molecular weight is 280 g/mol. The number of nitriles is 1. The minimum Gasteiger partial charge on any atom is -0.337 e. The molecule has 0 bridgehead atoms. The van der Waals surface area contributed by atoms with Gasteiger partial charge in [-0.15, -0.1) is 0 Å². The predicted molar refractivity (Wildman–Crippen MR) is 79.8 cm³/mol. The van der Waals surface area contributed by atoms with E-state index in [4.69, 9.17) is 5.73 Å². The van der Waals surface area contributed by atoms with Crippen molar-refractivity contribution in [3.8, 4) is 6.07 Å². The average Bonchev–Trinajstić information content (AvgIpc) is 3.19. The second kappa shape index (κ2) is 7.05. The van der Waals surface area contributed by atoms with Gasteiger partial charge < -0.3 is 11.1 Å². The zero-order valence-electron chi connectivity index (χ0n) is 13.1. The quantitative estimate of drug-likeness (QED) is 0.697. The summed E-state index contributed by atoms with van der Waals surface area (Å²) in [5, 5.41) is 12.1. The summed E-state index contributed by atoms with van der Waals surface area (Å²) in [6.45, 7) is 7.13. The first-order chi connectivity index (χ1) is 9.28. The van der Waals surface area contributed by atoms with Crippen molar-refractivity contribution in [1.82, 2.24) is 10.2 Å². The Balaban J connectivity index is 2.33. The Bertz CT molecular complexity index is 373. The van der Waals surface area contributed by atoms with Gasteiger partial charge in [-0.2, -0.15) is 5.26 Å². The Kier molecular flexibility index (Phi) is 5.97. The van der Waals surface area contributed by atoms with E-state index in [1.54, 1.807) is 0 Å². The third-order valence-corrected chi connectivity index (χ3v) is 4.14. The standard InChI is InChI=1S/C15H28N4O/c1-11(2)13(17)7-8-19(4)9-14(20)18-15(3,10-16)12-5-6-12/h11-13H,5-9,17H2,1-4H3,(H,18,20). The van der Waals surface area contributed by atoms with E-state index in [0.717, 1.165) is 25.8 Å². The molecule has 5 nitrogen and oxygen atoms in total. The molecule has 114 valence electrons. The van der Waals surface area contributed by atoms with Gasteiger partial charge in [0.05, 0.1) is 12.6 Å². The van der Waals surface area contributed by atoms with Crippen molar-refractivity contribution >= 4 is 5.91 Å². The van der Waals surface area contributed by atoms with E-state index in [2.05, 4.69) is 25.2 Å². The first kappa shape index (κ1) is 16.9. The van der Waals surface area contributed by atoms with Gasteiger partial charge in [0.2, 0.25) is 5.91 Å². The van der Waals surface area contributed by atoms with Gasteiger partial charge in [-0.05, 0) is 51.6 Å². The highest BCUT2D eigenvalue weighted by Crippen LogP contribution is 2.39. The number of nitrogens with two attached hydrogens (primary N) is 1. The number of hydrogen-bond acceptors (Lipinski definition) is 4. The largest absolute Gasteiger partial charge is 0.337 e. The first-order valence-corrected chi connectivity index (χ1v) is 7.45. The number of amides is 1. The lowest BCUT2D eigenvalue weighted by molar-refractivity contribution is -0.123. The molecule has 0 aromatic carbocycles. The number of carbonyl (C=O) groups is 1. The van der Waals surface area contributed by atoms with Crippen LogP contribution in [0.4, 0.5) is 0 Å². The van der Waals surface area contributed by atoms with Crippen LogP contribution >= 0.6 is 0 Å². The van der Waals surface area contributed by atoms with E-state index in [1.807, 2.05) is 18.9 Å². The Morgan fingerprint density at radius 2 is 2.15 bits per heavy atom. The molecule has 3 N–H and O–H groups in total. The molecule has 2 atom stereocenters.